The molecule has 1 heterocycles. The molecular formula is C16H21Cl2N3. The molecule has 0 aliphatic rings. The second kappa shape index (κ2) is 7.19. The first-order valence-electron chi connectivity index (χ1n) is 7.31. The van der Waals surface area contributed by atoms with Crippen molar-refractivity contribution < 1.29 is 0 Å². The Hall–Kier alpha value is -1.19. The van der Waals surface area contributed by atoms with Gasteiger partial charge in [-0.25, -0.2) is 0 Å². The van der Waals surface area contributed by atoms with Crippen molar-refractivity contribution in [2.75, 3.05) is 5.73 Å². The molecular weight excluding hydrogens is 305 g/mol. The third-order valence-electron chi connectivity index (χ3n) is 3.64. The van der Waals surface area contributed by atoms with Gasteiger partial charge in [0.25, 0.3) is 0 Å². The molecule has 0 aliphatic heterocycles. The van der Waals surface area contributed by atoms with Crippen LogP contribution in [-0.2, 0) is 13.5 Å². The van der Waals surface area contributed by atoms with Gasteiger partial charge in [-0.3, -0.25) is 4.68 Å². The first-order valence-corrected chi connectivity index (χ1v) is 8.07. The van der Waals surface area contributed by atoms with Gasteiger partial charge in [0.05, 0.1) is 15.7 Å². The maximum Gasteiger partial charge on any atom is 0.129 e. The van der Waals surface area contributed by atoms with E-state index in [-0.39, 0.29) is 0 Å². The molecule has 21 heavy (non-hydrogen) atoms. The van der Waals surface area contributed by atoms with Crippen LogP contribution in [0.4, 0.5) is 5.82 Å². The summed E-state index contributed by atoms with van der Waals surface area (Å²) in [6.45, 7) is 2.21. The summed E-state index contributed by atoms with van der Waals surface area (Å²) in [5, 5.41) is 5.64. The van der Waals surface area contributed by atoms with Crippen LogP contribution < -0.4 is 5.73 Å². The molecule has 0 aliphatic carbocycles. The van der Waals surface area contributed by atoms with Crippen molar-refractivity contribution in [3.05, 3.63) is 33.9 Å². The number of halogens is 2. The number of aryl methyl sites for hydroxylation is 2. The van der Waals surface area contributed by atoms with Gasteiger partial charge in [-0.1, -0.05) is 55.5 Å². The quantitative estimate of drug-likeness (QED) is 0.751. The third kappa shape index (κ3) is 3.72. The minimum atomic E-state index is 0.536. The van der Waals surface area contributed by atoms with E-state index in [1.807, 2.05) is 19.2 Å². The molecule has 0 bridgehead atoms. The molecule has 2 aromatic rings. The van der Waals surface area contributed by atoms with Gasteiger partial charge < -0.3 is 5.73 Å². The average Bonchev–Trinajstić information content (AvgIpc) is 2.74. The van der Waals surface area contributed by atoms with Gasteiger partial charge in [0.2, 0.25) is 0 Å². The molecule has 114 valence electrons. The van der Waals surface area contributed by atoms with E-state index in [1.54, 1.807) is 10.7 Å². The molecule has 5 heteroatoms. The number of nitrogen functional groups attached to an aromatic ring is 1. The summed E-state index contributed by atoms with van der Waals surface area (Å²) >= 11 is 12.1. The van der Waals surface area contributed by atoms with E-state index < -0.39 is 0 Å². The van der Waals surface area contributed by atoms with Gasteiger partial charge in [-0.15, -0.1) is 0 Å². The van der Waals surface area contributed by atoms with Gasteiger partial charge in [0, 0.05) is 12.6 Å². The number of rotatable bonds is 6. The van der Waals surface area contributed by atoms with Crippen LogP contribution in [0.2, 0.25) is 10.0 Å². The first-order chi connectivity index (χ1) is 10.0. The molecule has 2 rings (SSSR count). The van der Waals surface area contributed by atoms with Crippen LogP contribution in [0.5, 0.6) is 0 Å². The van der Waals surface area contributed by atoms with E-state index >= 15 is 0 Å². The van der Waals surface area contributed by atoms with Crippen LogP contribution in [0.25, 0.3) is 11.1 Å². The third-order valence-corrected chi connectivity index (χ3v) is 4.38. The van der Waals surface area contributed by atoms with Gasteiger partial charge in [0.1, 0.15) is 5.82 Å². The van der Waals surface area contributed by atoms with Crippen LogP contribution in [0.15, 0.2) is 18.2 Å². The second-order valence-electron chi connectivity index (χ2n) is 5.27. The van der Waals surface area contributed by atoms with E-state index in [1.165, 1.54) is 19.3 Å². The van der Waals surface area contributed by atoms with Crippen molar-refractivity contribution in [3.8, 4) is 11.1 Å². The zero-order chi connectivity index (χ0) is 15.4. The van der Waals surface area contributed by atoms with E-state index in [9.17, 15) is 0 Å². The predicted molar refractivity (Wildman–Crippen MR) is 90.9 cm³/mol. The fourth-order valence-electron chi connectivity index (χ4n) is 2.45. The first kappa shape index (κ1) is 16.2. The van der Waals surface area contributed by atoms with E-state index in [0.29, 0.717) is 15.9 Å². The molecule has 1 aromatic carbocycles. The summed E-state index contributed by atoms with van der Waals surface area (Å²) in [4.78, 5) is 0. The number of nitrogens with zero attached hydrogens (tertiary/aromatic N) is 2. The summed E-state index contributed by atoms with van der Waals surface area (Å²) in [7, 11) is 1.87. The Kier molecular flexibility index (Phi) is 5.54. The van der Waals surface area contributed by atoms with Crippen molar-refractivity contribution in [1.82, 2.24) is 9.78 Å². The molecule has 0 radical (unpaired) electrons. The van der Waals surface area contributed by atoms with Gasteiger partial charge in [-0.2, -0.15) is 5.10 Å². The maximum absolute atomic E-state index is 6.18. The Balaban J connectivity index is 2.30. The van der Waals surface area contributed by atoms with Crippen molar-refractivity contribution in [3.63, 3.8) is 0 Å². The van der Waals surface area contributed by atoms with E-state index in [4.69, 9.17) is 28.9 Å². The topological polar surface area (TPSA) is 43.8 Å². The average molecular weight is 326 g/mol. The van der Waals surface area contributed by atoms with Crippen molar-refractivity contribution in [1.29, 1.82) is 0 Å². The molecule has 1 aromatic heterocycles. The highest BCUT2D eigenvalue weighted by Crippen LogP contribution is 2.34. The van der Waals surface area contributed by atoms with E-state index in [2.05, 4.69) is 12.0 Å². The summed E-state index contributed by atoms with van der Waals surface area (Å²) in [5.74, 6) is 0.666. The molecule has 0 spiro atoms. The second-order valence-corrected chi connectivity index (χ2v) is 6.08. The van der Waals surface area contributed by atoms with Crippen molar-refractivity contribution in [2.45, 2.75) is 39.0 Å². The van der Waals surface area contributed by atoms with Crippen LogP contribution in [0.3, 0.4) is 0 Å². The summed E-state index contributed by atoms with van der Waals surface area (Å²) in [6.07, 6.45) is 5.75. The fourth-order valence-corrected chi connectivity index (χ4v) is 2.75. The molecule has 0 saturated carbocycles. The lowest BCUT2D eigenvalue weighted by Gasteiger charge is -2.06. The lowest BCUT2D eigenvalue weighted by atomic mass is 10.0. The number of aromatic nitrogens is 2. The smallest absolute Gasteiger partial charge is 0.129 e. The summed E-state index contributed by atoms with van der Waals surface area (Å²) in [5.41, 5.74) is 9.16. The van der Waals surface area contributed by atoms with Gasteiger partial charge >= 0.3 is 0 Å². The highest BCUT2D eigenvalue weighted by atomic mass is 35.5. The largest absolute Gasteiger partial charge is 0.383 e. The molecule has 3 nitrogen and oxygen atoms in total. The lowest BCUT2D eigenvalue weighted by Crippen LogP contribution is -1.98. The minimum Gasteiger partial charge on any atom is -0.383 e. The Morgan fingerprint density at radius 3 is 2.57 bits per heavy atom. The number of hydrogen-bond acceptors (Lipinski definition) is 2. The fraction of sp³-hybridized carbons (Fsp3) is 0.438. The molecule has 0 amide bonds. The normalized spacial score (nSPS) is 11.0. The summed E-state index contributed by atoms with van der Waals surface area (Å²) in [6, 6.07) is 5.59. The van der Waals surface area contributed by atoms with E-state index in [0.717, 1.165) is 29.7 Å². The van der Waals surface area contributed by atoms with Gasteiger partial charge in [0.15, 0.2) is 0 Å². The zero-order valence-corrected chi connectivity index (χ0v) is 14.0. The number of benzene rings is 1. The number of nitrogens with two attached hydrogens (primary N) is 1. The Bertz CT molecular complexity index is 620. The monoisotopic (exact) mass is 325 g/mol. The minimum absolute atomic E-state index is 0.536. The Morgan fingerprint density at radius 1 is 1.14 bits per heavy atom. The van der Waals surface area contributed by atoms with Crippen molar-refractivity contribution in [2.24, 2.45) is 7.05 Å². The molecule has 0 unspecified atom stereocenters. The molecule has 0 saturated heterocycles. The van der Waals surface area contributed by atoms with Crippen molar-refractivity contribution >= 4 is 29.0 Å². The van der Waals surface area contributed by atoms with Gasteiger partial charge in [-0.05, 0) is 30.5 Å². The number of hydrogen-bond donors (Lipinski definition) is 1. The Labute approximate surface area is 136 Å². The van der Waals surface area contributed by atoms with Crippen LogP contribution >= 0.6 is 23.2 Å². The molecule has 0 atom stereocenters. The highest BCUT2D eigenvalue weighted by molar-refractivity contribution is 6.42. The number of unbranched alkanes of at least 4 members (excludes halogenated alkanes) is 3. The molecule has 2 N–H and O–H groups in total. The van der Waals surface area contributed by atoms with Crippen LogP contribution in [0, 0.1) is 0 Å². The molecule has 0 fully saturated rings. The Morgan fingerprint density at radius 2 is 1.90 bits per heavy atom. The maximum atomic E-state index is 6.18. The zero-order valence-electron chi connectivity index (χ0n) is 12.5. The number of anilines is 1. The predicted octanol–water partition coefficient (Wildman–Crippen LogP) is 5.10. The highest BCUT2D eigenvalue weighted by Gasteiger charge is 2.16. The standard InChI is InChI=1S/C16H21Cl2N3/c1-3-4-5-6-7-14-15(16(19)21(2)20-14)11-8-9-12(17)13(18)10-11/h8-10H,3-7,19H2,1-2H3. The lowest BCUT2D eigenvalue weighted by molar-refractivity contribution is 0.651. The SMILES string of the molecule is CCCCCCc1nn(C)c(N)c1-c1ccc(Cl)c(Cl)c1. The van der Waals surface area contributed by atoms with Crippen LogP contribution in [0.1, 0.15) is 38.3 Å². The van der Waals surface area contributed by atoms with Crippen LogP contribution in [-0.4, -0.2) is 9.78 Å². The summed E-state index contributed by atoms with van der Waals surface area (Å²) < 4.78 is 1.73.